The monoisotopic (exact) mass is 543 g/mol. The minimum absolute atomic E-state index is 0.191. The van der Waals surface area contributed by atoms with Gasteiger partial charge in [-0.1, -0.05) is 48.6 Å². The lowest BCUT2D eigenvalue weighted by molar-refractivity contribution is -0.135. The topological polar surface area (TPSA) is 130 Å². The highest BCUT2D eigenvalue weighted by Gasteiger charge is 2.46. The Hall–Kier alpha value is -3.69. The van der Waals surface area contributed by atoms with Crippen LogP contribution in [0.15, 0.2) is 97.8 Å². The molecule has 38 heavy (non-hydrogen) atoms. The molecule has 0 spiro atoms. The van der Waals surface area contributed by atoms with Crippen molar-refractivity contribution in [3.63, 3.8) is 0 Å². The highest BCUT2D eigenvalue weighted by Crippen LogP contribution is 2.55. The second kappa shape index (κ2) is 13.7. The molecular formula is C27H30NO9P. The summed E-state index contributed by atoms with van der Waals surface area (Å²) in [4.78, 5) is 25.0. The number of benzene rings is 2. The number of carbonyl (C=O) groups is 2. The number of nitrogens with one attached hydrogen (secondary N) is 1. The zero-order valence-corrected chi connectivity index (χ0v) is 21.7. The quantitative estimate of drug-likeness (QED) is 0.219. The lowest BCUT2D eigenvalue weighted by Crippen LogP contribution is -2.56. The first-order valence-electron chi connectivity index (χ1n) is 11.7. The van der Waals surface area contributed by atoms with Gasteiger partial charge in [0.2, 0.25) is 11.8 Å². The Morgan fingerprint density at radius 2 is 1.63 bits per heavy atom. The fraction of sp³-hybridized carbons (Fsp3) is 0.259. The van der Waals surface area contributed by atoms with E-state index in [0.717, 1.165) is 0 Å². The summed E-state index contributed by atoms with van der Waals surface area (Å²) in [6.07, 6.45) is 1.40. The second-order valence-corrected chi connectivity index (χ2v) is 10.1. The van der Waals surface area contributed by atoms with Crippen molar-refractivity contribution in [3.05, 3.63) is 103 Å². The van der Waals surface area contributed by atoms with Crippen molar-refractivity contribution >= 4 is 19.5 Å². The van der Waals surface area contributed by atoms with E-state index in [-0.39, 0.29) is 24.5 Å². The summed E-state index contributed by atoms with van der Waals surface area (Å²) in [5, 5.41) is 13.8. The van der Waals surface area contributed by atoms with E-state index < -0.39 is 43.8 Å². The number of para-hydroxylation sites is 1. The molecule has 202 valence electrons. The summed E-state index contributed by atoms with van der Waals surface area (Å²) in [5.41, 5.74) is 0.255. The van der Waals surface area contributed by atoms with E-state index in [1.54, 1.807) is 60.7 Å². The van der Waals surface area contributed by atoms with E-state index in [1.165, 1.54) is 25.2 Å². The molecule has 1 aliphatic heterocycles. The maximum absolute atomic E-state index is 13.5. The molecule has 2 N–H and O–H groups in total. The van der Waals surface area contributed by atoms with Gasteiger partial charge in [-0.05, 0) is 30.3 Å². The van der Waals surface area contributed by atoms with Crippen molar-refractivity contribution in [2.75, 3.05) is 13.2 Å². The van der Waals surface area contributed by atoms with E-state index in [4.69, 9.17) is 23.3 Å². The van der Waals surface area contributed by atoms with Gasteiger partial charge in [0.05, 0.1) is 18.8 Å². The standard InChI is InChI=1S/C27H30NO9P/c1-4-16-33-38(32,34-17-5-2)26(31)23-18-22(36-25(30)20-12-8-6-9-13-20)24(28-19(3)29)27(37-23)35-21-14-10-7-11-15-21/h4-15,18,22,24,26-27,31H,1-2,16-17H2,3H3,(H,28,29)/t22-,24+,26?,27+/m0/s1. The summed E-state index contributed by atoms with van der Waals surface area (Å²) < 4.78 is 41.6. The van der Waals surface area contributed by atoms with Gasteiger partial charge >= 0.3 is 13.6 Å². The van der Waals surface area contributed by atoms with Crippen LogP contribution in [-0.4, -0.2) is 54.5 Å². The van der Waals surface area contributed by atoms with Crippen LogP contribution in [0.5, 0.6) is 5.75 Å². The Kier molecular flexibility index (Phi) is 10.4. The lowest BCUT2D eigenvalue weighted by atomic mass is 10.1. The molecule has 1 unspecified atom stereocenters. The first-order chi connectivity index (χ1) is 18.3. The Bertz CT molecular complexity index is 1170. The van der Waals surface area contributed by atoms with Crippen LogP contribution in [0.3, 0.4) is 0 Å². The second-order valence-electron chi connectivity index (χ2n) is 8.03. The smallest absolute Gasteiger partial charge is 0.367 e. The molecule has 0 fully saturated rings. The van der Waals surface area contributed by atoms with E-state index in [2.05, 4.69) is 18.5 Å². The number of aliphatic hydroxyl groups excluding tert-OH is 1. The van der Waals surface area contributed by atoms with Crippen LogP contribution in [0.2, 0.25) is 0 Å². The van der Waals surface area contributed by atoms with Crippen molar-refractivity contribution in [2.45, 2.75) is 31.2 Å². The van der Waals surface area contributed by atoms with Gasteiger partial charge in [-0.3, -0.25) is 9.36 Å². The van der Waals surface area contributed by atoms with Crippen molar-refractivity contribution in [1.29, 1.82) is 0 Å². The third kappa shape index (κ3) is 7.66. The van der Waals surface area contributed by atoms with Crippen molar-refractivity contribution in [1.82, 2.24) is 5.32 Å². The maximum atomic E-state index is 13.5. The number of aliphatic hydroxyl groups is 1. The first kappa shape index (κ1) is 28.9. The van der Waals surface area contributed by atoms with Crippen LogP contribution >= 0.6 is 7.60 Å². The fourth-order valence-corrected chi connectivity index (χ4v) is 4.89. The third-order valence-corrected chi connectivity index (χ3v) is 7.02. The van der Waals surface area contributed by atoms with Gasteiger partial charge in [0.25, 0.3) is 6.29 Å². The van der Waals surface area contributed by atoms with Gasteiger partial charge < -0.3 is 33.7 Å². The van der Waals surface area contributed by atoms with Gasteiger partial charge in [-0.2, -0.15) is 0 Å². The SMILES string of the molecule is C=CCOP(=O)(OCC=C)C(O)C1=C[C@H](OC(=O)c2ccccc2)[C@@H](NC(C)=O)[C@H](Oc2ccccc2)O1. The minimum Gasteiger partial charge on any atom is -0.454 e. The Morgan fingerprint density at radius 3 is 2.18 bits per heavy atom. The number of rotatable bonds is 13. The zero-order chi connectivity index (χ0) is 27.5. The summed E-state index contributed by atoms with van der Waals surface area (Å²) >= 11 is 0. The molecule has 4 atom stereocenters. The maximum Gasteiger partial charge on any atom is 0.367 e. The Morgan fingerprint density at radius 1 is 1.05 bits per heavy atom. The van der Waals surface area contributed by atoms with Gasteiger partial charge in [-0.15, -0.1) is 13.2 Å². The molecule has 0 bridgehead atoms. The molecule has 0 aromatic heterocycles. The number of carbonyl (C=O) groups excluding carboxylic acids is 2. The average molecular weight is 544 g/mol. The number of ether oxygens (including phenoxy) is 3. The number of hydrogen-bond donors (Lipinski definition) is 2. The Labute approximate surface area is 221 Å². The van der Waals surface area contributed by atoms with Gasteiger partial charge in [0.1, 0.15) is 17.6 Å². The van der Waals surface area contributed by atoms with Crippen LogP contribution in [0.1, 0.15) is 17.3 Å². The summed E-state index contributed by atoms with van der Waals surface area (Å²) in [6.45, 7) is 7.94. The summed E-state index contributed by atoms with van der Waals surface area (Å²) in [5.74, 6) is -3.01. The molecule has 11 heteroatoms. The highest BCUT2D eigenvalue weighted by atomic mass is 31.2. The molecule has 1 amide bonds. The molecule has 0 radical (unpaired) electrons. The number of esters is 1. The lowest BCUT2D eigenvalue weighted by Gasteiger charge is -2.38. The summed E-state index contributed by atoms with van der Waals surface area (Å²) in [6, 6.07) is 15.7. The van der Waals surface area contributed by atoms with Crippen molar-refractivity contribution in [3.8, 4) is 5.75 Å². The molecule has 10 nitrogen and oxygen atoms in total. The average Bonchev–Trinajstić information content (AvgIpc) is 2.92. The van der Waals surface area contributed by atoms with Crippen molar-refractivity contribution in [2.24, 2.45) is 0 Å². The molecule has 2 aromatic rings. The van der Waals surface area contributed by atoms with Crippen LogP contribution in [-0.2, 0) is 27.9 Å². The molecule has 0 saturated carbocycles. The fourth-order valence-electron chi connectivity index (χ4n) is 3.45. The highest BCUT2D eigenvalue weighted by molar-refractivity contribution is 7.54. The van der Waals surface area contributed by atoms with Crippen molar-refractivity contribution < 1.29 is 42.5 Å². The molecule has 2 aromatic carbocycles. The number of hydrogen-bond acceptors (Lipinski definition) is 9. The predicted octanol–water partition coefficient (Wildman–Crippen LogP) is 3.95. The number of amides is 1. The minimum atomic E-state index is -4.25. The largest absolute Gasteiger partial charge is 0.454 e. The van der Waals surface area contributed by atoms with Gasteiger partial charge in [0.15, 0.2) is 6.10 Å². The normalized spacial score (nSPS) is 19.7. The first-order valence-corrected chi connectivity index (χ1v) is 13.3. The Balaban J connectivity index is 2.02. The van der Waals surface area contributed by atoms with Crippen LogP contribution in [0.4, 0.5) is 0 Å². The molecule has 0 aliphatic carbocycles. The van der Waals surface area contributed by atoms with Crippen LogP contribution in [0.25, 0.3) is 0 Å². The van der Waals surface area contributed by atoms with Crippen LogP contribution < -0.4 is 10.1 Å². The summed E-state index contributed by atoms with van der Waals surface area (Å²) in [7, 11) is -4.25. The van der Waals surface area contributed by atoms with Gasteiger partial charge in [-0.25, -0.2) is 4.79 Å². The molecular weight excluding hydrogens is 513 g/mol. The molecule has 1 heterocycles. The van der Waals surface area contributed by atoms with E-state index in [0.29, 0.717) is 5.75 Å². The molecule has 1 aliphatic rings. The third-order valence-electron chi connectivity index (χ3n) is 5.14. The molecule has 0 saturated heterocycles. The van der Waals surface area contributed by atoms with Gasteiger partial charge in [0, 0.05) is 6.92 Å². The van der Waals surface area contributed by atoms with E-state index >= 15 is 0 Å². The van der Waals surface area contributed by atoms with E-state index in [1.807, 2.05) is 0 Å². The predicted molar refractivity (Wildman–Crippen MR) is 139 cm³/mol. The zero-order valence-electron chi connectivity index (χ0n) is 20.8. The molecule has 3 rings (SSSR count). The van der Waals surface area contributed by atoms with E-state index in [9.17, 15) is 19.3 Å². The van der Waals surface area contributed by atoms with Crippen LogP contribution in [0, 0.1) is 0 Å².